The van der Waals surface area contributed by atoms with Crippen LogP contribution < -0.4 is 5.32 Å². The van der Waals surface area contributed by atoms with Crippen LogP contribution in [0.15, 0.2) is 64.9 Å². The van der Waals surface area contributed by atoms with Gasteiger partial charge in [0.05, 0.1) is 5.41 Å². The highest BCUT2D eigenvalue weighted by Crippen LogP contribution is 2.64. The van der Waals surface area contributed by atoms with Gasteiger partial charge in [-0.25, -0.2) is 0 Å². The summed E-state index contributed by atoms with van der Waals surface area (Å²) in [6.45, 7) is 1.76. The van der Waals surface area contributed by atoms with Gasteiger partial charge in [0.15, 0.2) is 5.78 Å². The molecular formula is C26H25N3O2S2. The van der Waals surface area contributed by atoms with Crippen LogP contribution >= 0.6 is 22.7 Å². The second kappa shape index (κ2) is 7.46. The van der Waals surface area contributed by atoms with Crippen LogP contribution in [-0.4, -0.2) is 55.2 Å². The molecule has 33 heavy (non-hydrogen) atoms. The van der Waals surface area contributed by atoms with Gasteiger partial charge in [-0.1, -0.05) is 30.3 Å². The second-order valence-corrected chi connectivity index (χ2v) is 11.3. The fraction of sp³-hybridized carbons (Fsp3) is 0.308. The van der Waals surface area contributed by atoms with Gasteiger partial charge in [-0.3, -0.25) is 14.5 Å². The van der Waals surface area contributed by atoms with Crippen LogP contribution in [0.3, 0.4) is 0 Å². The average molecular weight is 476 g/mol. The van der Waals surface area contributed by atoms with Gasteiger partial charge >= 0.3 is 0 Å². The summed E-state index contributed by atoms with van der Waals surface area (Å²) >= 11 is 3.31. The highest BCUT2D eigenvalue weighted by Gasteiger charge is 2.74. The quantitative estimate of drug-likeness (QED) is 0.563. The molecule has 0 bridgehead atoms. The Balaban J connectivity index is 1.64. The number of nitrogens with zero attached hydrogens (tertiary/aromatic N) is 2. The second-order valence-electron chi connectivity index (χ2n) is 9.32. The minimum Gasteiger partial charge on any atom is -0.324 e. The van der Waals surface area contributed by atoms with Gasteiger partial charge in [-0.15, -0.1) is 22.7 Å². The van der Waals surface area contributed by atoms with Crippen LogP contribution in [-0.2, 0) is 15.1 Å². The van der Waals surface area contributed by atoms with Crippen LogP contribution in [0.5, 0.6) is 0 Å². The largest absolute Gasteiger partial charge is 0.324 e. The predicted molar refractivity (Wildman–Crippen MR) is 134 cm³/mol. The minimum atomic E-state index is -1.06. The molecule has 0 unspecified atom stereocenters. The number of benzene rings is 1. The fourth-order valence-corrected chi connectivity index (χ4v) is 8.05. The highest BCUT2D eigenvalue weighted by atomic mass is 32.1. The van der Waals surface area contributed by atoms with E-state index in [-0.39, 0.29) is 17.6 Å². The smallest absolute Gasteiger partial charge is 0.250 e. The lowest BCUT2D eigenvalue weighted by molar-refractivity contribution is -0.146. The number of amides is 1. The van der Waals surface area contributed by atoms with Crippen molar-refractivity contribution in [3.05, 3.63) is 80.2 Å². The molecule has 3 aromatic rings. The van der Waals surface area contributed by atoms with Crippen molar-refractivity contribution in [2.45, 2.75) is 11.5 Å². The summed E-state index contributed by atoms with van der Waals surface area (Å²) < 4.78 is 0. The molecule has 3 aliphatic rings. The van der Waals surface area contributed by atoms with Crippen molar-refractivity contribution in [3.63, 3.8) is 0 Å². The van der Waals surface area contributed by atoms with E-state index in [0.717, 1.165) is 26.6 Å². The van der Waals surface area contributed by atoms with E-state index in [2.05, 4.69) is 33.6 Å². The van der Waals surface area contributed by atoms with Crippen molar-refractivity contribution < 1.29 is 9.59 Å². The number of likely N-dealkylation sites (N-methyl/N-ethyl adjacent to an activating group) is 2. The van der Waals surface area contributed by atoms with Crippen molar-refractivity contribution in [1.29, 1.82) is 0 Å². The third-order valence-corrected chi connectivity index (χ3v) is 9.37. The minimum absolute atomic E-state index is 0.0820. The van der Waals surface area contributed by atoms with Crippen molar-refractivity contribution in [3.8, 4) is 0 Å². The van der Waals surface area contributed by atoms with Crippen LogP contribution in [0.4, 0.5) is 5.69 Å². The number of para-hydroxylation sites is 1. The van der Waals surface area contributed by atoms with Crippen molar-refractivity contribution in [2.75, 3.05) is 39.0 Å². The first-order chi connectivity index (χ1) is 16.0. The topological polar surface area (TPSA) is 52.7 Å². The molecule has 0 radical (unpaired) electrons. The van der Waals surface area contributed by atoms with E-state index < -0.39 is 11.0 Å². The number of piperidine rings is 1. The molecule has 6 rings (SSSR count). The SMILES string of the molecule is CN1C/C(=C\c2cccs2)C(=O)[C@@]2(C1)[C@H](c1cccs1)CN(C)[C@]21C(=O)Nc2ccccc21. The van der Waals surface area contributed by atoms with Gasteiger partial charge in [-0.2, -0.15) is 0 Å². The number of rotatable bonds is 2. The number of likely N-dealkylation sites (tertiary alicyclic amines) is 2. The average Bonchev–Trinajstić information content (AvgIpc) is 3.57. The molecule has 1 amide bonds. The molecule has 0 aliphatic carbocycles. The molecule has 7 heteroatoms. The number of Topliss-reactive ketones (excluding diaryl/α,β-unsaturated/α-hetero) is 1. The Labute approximate surface area is 201 Å². The Morgan fingerprint density at radius 2 is 1.82 bits per heavy atom. The molecule has 1 N–H and O–H groups in total. The maximum Gasteiger partial charge on any atom is 0.250 e. The van der Waals surface area contributed by atoms with Gasteiger partial charge in [0.25, 0.3) is 5.91 Å². The lowest BCUT2D eigenvalue weighted by Gasteiger charge is -2.50. The Morgan fingerprint density at radius 1 is 1.03 bits per heavy atom. The predicted octanol–water partition coefficient (Wildman–Crippen LogP) is 4.27. The number of hydrogen-bond acceptors (Lipinski definition) is 6. The van der Waals surface area contributed by atoms with E-state index in [4.69, 9.17) is 0 Å². The number of anilines is 1. The standard InChI is InChI=1S/C26H25N3O2S2/c1-28-14-17(13-18-7-5-11-32-18)23(30)25(16-28)20(22-10-6-12-33-22)15-29(2)26(25)19-8-3-4-9-21(19)27-24(26)31/h3-13,20H,14-16H2,1-2H3,(H,27,31)/b17-13+/t20-,25+,26+/m0/s1. The maximum atomic E-state index is 14.7. The van der Waals surface area contributed by atoms with Crippen LogP contribution in [0.2, 0.25) is 0 Å². The summed E-state index contributed by atoms with van der Waals surface area (Å²) in [7, 11) is 4.06. The first-order valence-corrected chi connectivity index (χ1v) is 12.9. The first-order valence-electron chi connectivity index (χ1n) is 11.1. The number of fused-ring (bicyclic) bond motifs is 3. The van der Waals surface area contributed by atoms with E-state index >= 15 is 0 Å². The third-order valence-electron chi connectivity index (χ3n) is 7.57. The molecule has 0 saturated carbocycles. The van der Waals surface area contributed by atoms with Crippen LogP contribution in [0.1, 0.15) is 21.2 Å². The molecule has 2 fully saturated rings. The molecule has 2 saturated heterocycles. The summed E-state index contributed by atoms with van der Waals surface area (Å²) in [5, 5.41) is 7.22. The van der Waals surface area contributed by atoms with Crippen molar-refractivity contribution in [2.24, 2.45) is 5.41 Å². The molecule has 2 spiro atoms. The van der Waals surface area contributed by atoms with Crippen LogP contribution in [0.25, 0.3) is 6.08 Å². The first kappa shape index (κ1) is 21.0. The normalized spacial score (nSPS) is 31.1. The highest BCUT2D eigenvalue weighted by molar-refractivity contribution is 7.11. The lowest BCUT2D eigenvalue weighted by atomic mass is 9.57. The Kier molecular flexibility index (Phi) is 4.75. The van der Waals surface area contributed by atoms with Gasteiger partial charge in [0.2, 0.25) is 0 Å². The number of thiophene rings is 2. The summed E-state index contributed by atoms with van der Waals surface area (Å²) in [5.74, 6) is -0.0747. The van der Waals surface area contributed by atoms with Gasteiger partial charge in [0.1, 0.15) is 5.54 Å². The zero-order valence-corrected chi connectivity index (χ0v) is 20.2. The monoisotopic (exact) mass is 475 g/mol. The number of nitrogens with one attached hydrogen (secondary N) is 1. The summed E-state index contributed by atoms with van der Waals surface area (Å²) in [6.07, 6.45) is 2.03. The molecule has 3 aliphatic heterocycles. The molecular weight excluding hydrogens is 450 g/mol. The number of ketones is 1. The Hall–Kier alpha value is -2.58. The number of hydrogen-bond donors (Lipinski definition) is 1. The fourth-order valence-electron chi connectivity index (χ4n) is 6.45. The molecule has 1 aromatic carbocycles. The molecule has 168 valence electrons. The van der Waals surface area contributed by atoms with Crippen LogP contribution in [0, 0.1) is 5.41 Å². The van der Waals surface area contributed by atoms with E-state index in [0.29, 0.717) is 19.6 Å². The summed E-state index contributed by atoms with van der Waals surface area (Å²) in [6, 6.07) is 16.1. The van der Waals surface area contributed by atoms with Gasteiger partial charge in [0, 0.05) is 52.1 Å². The molecule has 2 aromatic heterocycles. The molecule has 5 nitrogen and oxygen atoms in total. The molecule has 5 heterocycles. The van der Waals surface area contributed by atoms with Crippen molar-refractivity contribution >= 4 is 46.1 Å². The zero-order chi connectivity index (χ0) is 22.8. The van der Waals surface area contributed by atoms with Gasteiger partial charge < -0.3 is 10.2 Å². The summed E-state index contributed by atoms with van der Waals surface area (Å²) in [4.78, 5) is 35.3. The Morgan fingerprint density at radius 3 is 2.58 bits per heavy atom. The summed E-state index contributed by atoms with van der Waals surface area (Å²) in [5.41, 5.74) is 0.512. The number of carbonyl (C=O) groups excluding carboxylic acids is 2. The number of carbonyl (C=O) groups is 2. The third kappa shape index (κ3) is 2.71. The van der Waals surface area contributed by atoms with E-state index in [1.54, 1.807) is 22.7 Å². The van der Waals surface area contributed by atoms with E-state index in [1.165, 1.54) is 0 Å². The Bertz CT molecular complexity index is 1270. The van der Waals surface area contributed by atoms with Gasteiger partial charge in [-0.05, 0) is 49.1 Å². The maximum absolute atomic E-state index is 14.7. The zero-order valence-electron chi connectivity index (χ0n) is 18.6. The van der Waals surface area contributed by atoms with Crippen molar-refractivity contribution in [1.82, 2.24) is 9.80 Å². The van der Waals surface area contributed by atoms with E-state index in [9.17, 15) is 9.59 Å². The lowest BCUT2D eigenvalue weighted by Crippen LogP contribution is -2.65. The van der Waals surface area contributed by atoms with E-state index in [1.807, 2.05) is 61.0 Å². The molecule has 3 atom stereocenters.